The Bertz CT molecular complexity index is 417. The van der Waals surface area contributed by atoms with Gasteiger partial charge in [0.15, 0.2) is 11.6 Å². The standard InChI is InChI=1S/C12H15FN2O2/c13-10-5-9(12(14)16)1-2-11(10)17-7-8-3-4-15-6-8/h1-2,5,8,15H,3-4,6-7H2,(H2,14,16). The molecule has 1 aromatic carbocycles. The van der Waals surface area contributed by atoms with Gasteiger partial charge in [0.1, 0.15) is 0 Å². The van der Waals surface area contributed by atoms with E-state index >= 15 is 0 Å². The van der Waals surface area contributed by atoms with Crippen LogP contribution in [0, 0.1) is 11.7 Å². The average molecular weight is 238 g/mol. The van der Waals surface area contributed by atoms with Crippen LogP contribution in [0.3, 0.4) is 0 Å². The molecule has 3 N–H and O–H groups in total. The third-order valence-electron chi connectivity index (χ3n) is 2.85. The van der Waals surface area contributed by atoms with Gasteiger partial charge in [0.05, 0.1) is 6.61 Å². The van der Waals surface area contributed by atoms with Crippen molar-refractivity contribution in [3.05, 3.63) is 29.6 Å². The molecule has 4 nitrogen and oxygen atoms in total. The number of carbonyl (C=O) groups excluding carboxylic acids is 1. The van der Waals surface area contributed by atoms with Crippen LogP contribution in [-0.4, -0.2) is 25.6 Å². The zero-order chi connectivity index (χ0) is 12.3. The molecule has 1 atom stereocenters. The lowest BCUT2D eigenvalue weighted by molar-refractivity contribution is 0.0999. The summed E-state index contributed by atoms with van der Waals surface area (Å²) in [6.07, 6.45) is 1.04. The van der Waals surface area contributed by atoms with Crippen LogP contribution < -0.4 is 15.8 Å². The largest absolute Gasteiger partial charge is 0.490 e. The van der Waals surface area contributed by atoms with Gasteiger partial charge in [0, 0.05) is 18.0 Å². The number of rotatable bonds is 4. The first-order chi connectivity index (χ1) is 8.16. The molecule has 0 radical (unpaired) electrons. The summed E-state index contributed by atoms with van der Waals surface area (Å²) in [4.78, 5) is 10.8. The second-order valence-corrected chi connectivity index (χ2v) is 4.18. The monoisotopic (exact) mass is 238 g/mol. The molecular formula is C12H15FN2O2. The summed E-state index contributed by atoms with van der Waals surface area (Å²) < 4.78 is 18.9. The van der Waals surface area contributed by atoms with Crippen molar-refractivity contribution < 1.29 is 13.9 Å². The Morgan fingerprint density at radius 2 is 2.41 bits per heavy atom. The number of hydrogen-bond donors (Lipinski definition) is 2. The maximum absolute atomic E-state index is 13.5. The van der Waals surface area contributed by atoms with Gasteiger partial charge in [-0.15, -0.1) is 0 Å². The van der Waals surface area contributed by atoms with E-state index in [4.69, 9.17) is 10.5 Å². The zero-order valence-corrected chi connectivity index (χ0v) is 9.41. The van der Waals surface area contributed by atoms with E-state index < -0.39 is 11.7 Å². The summed E-state index contributed by atoms with van der Waals surface area (Å²) in [6, 6.07) is 4.01. The number of ether oxygens (including phenoxy) is 1. The number of carbonyl (C=O) groups is 1. The predicted octanol–water partition coefficient (Wildman–Crippen LogP) is 0.913. The average Bonchev–Trinajstić information content (AvgIpc) is 2.80. The Morgan fingerprint density at radius 1 is 1.59 bits per heavy atom. The smallest absolute Gasteiger partial charge is 0.248 e. The van der Waals surface area contributed by atoms with Crippen LogP contribution in [0.1, 0.15) is 16.8 Å². The van der Waals surface area contributed by atoms with Gasteiger partial charge in [-0.2, -0.15) is 0 Å². The second-order valence-electron chi connectivity index (χ2n) is 4.18. The minimum atomic E-state index is -0.643. The molecule has 0 aromatic heterocycles. The number of halogens is 1. The highest BCUT2D eigenvalue weighted by Gasteiger charge is 2.16. The van der Waals surface area contributed by atoms with Crippen molar-refractivity contribution in [2.45, 2.75) is 6.42 Å². The van der Waals surface area contributed by atoms with Gasteiger partial charge in [-0.1, -0.05) is 0 Å². The van der Waals surface area contributed by atoms with Gasteiger partial charge in [-0.3, -0.25) is 4.79 Å². The third-order valence-corrected chi connectivity index (χ3v) is 2.85. The summed E-state index contributed by atoms with van der Waals surface area (Å²) in [5.74, 6) is -0.602. The molecule has 1 aromatic rings. The van der Waals surface area contributed by atoms with Crippen molar-refractivity contribution >= 4 is 5.91 Å². The number of nitrogens with one attached hydrogen (secondary N) is 1. The van der Waals surface area contributed by atoms with Gasteiger partial charge >= 0.3 is 0 Å². The van der Waals surface area contributed by atoms with Gasteiger partial charge in [-0.05, 0) is 31.2 Å². The maximum atomic E-state index is 13.5. The molecule has 1 aliphatic rings. The number of amides is 1. The topological polar surface area (TPSA) is 64.4 Å². The highest BCUT2D eigenvalue weighted by molar-refractivity contribution is 5.92. The summed E-state index contributed by atoms with van der Waals surface area (Å²) in [5.41, 5.74) is 5.20. The van der Waals surface area contributed by atoms with E-state index in [1.807, 2.05) is 0 Å². The number of nitrogens with two attached hydrogens (primary N) is 1. The van der Waals surface area contributed by atoms with Crippen LogP contribution in [0.2, 0.25) is 0 Å². The zero-order valence-electron chi connectivity index (χ0n) is 9.41. The SMILES string of the molecule is NC(=O)c1ccc(OCC2CCNC2)c(F)c1. The number of benzene rings is 1. The van der Waals surface area contributed by atoms with Crippen LogP contribution in [0.4, 0.5) is 4.39 Å². The Balaban J connectivity index is 1.98. The van der Waals surface area contributed by atoms with Gasteiger partial charge < -0.3 is 15.8 Å². The Morgan fingerprint density at radius 3 is 3.00 bits per heavy atom. The van der Waals surface area contributed by atoms with Crippen LogP contribution in [0.15, 0.2) is 18.2 Å². The fraction of sp³-hybridized carbons (Fsp3) is 0.417. The fourth-order valence-electron chi connectivity index (χ4n) is 1.84. The Labute approximate surface area is 98.9 Å². The van der Waals surface area contributed by atoms with E-state index in [-0.39, 0.29) is 11.3 Å². The lowest BCUT2D eigenvalue weighted by Gasteiger charge is -2.11. The number of hydrogen-bond acceptors (Lipinski definition) is 3. The van der Waals surface area contributed by atoms with E-state index in [9.17, 15) is 9.18 Å². The summed E-state index contributed by atoms with van der Waals surface area (Å²) in [7, 11) is 0. The summed E-state index contributed by atoms with van der Waals surface area (Å²) in [6.45, 7) is 2.37. The molecule has 1 saturated heterocycles. The summed E-state index contributed by atoms with van der Waals surface area (Å²) >= 11 is 0. The second kappa shape index (κ2) is 5.14. The van der Waals surface area contributed by atoms with Crippen molar-refractivity contribution in [2.24, 2.45) is 11.7 Å². The Kier molecular flexibility index (Phi) is 3.58. The first-order valence-corrected chi connectivity index (χ1v) is 5.59. The van der Waals surface area contributed by atoms with Crippen molar-refractivity contribution in [3.8, 4) is 5.75 Å². The molecule has 5 heteroatoms. The molecule has 1 fully saturated rings. The predicted molar refractivity (Wildman–Crippen MR) is 61.4 cm³/mol. The summed E-state index contributed by atoms with van der Waals surface area (Å²) in [5, 5.41) is 3.21. The molecule has 0 spiro atoms. The van der Waals surface area contributed by atoms with Crippen molar-refractivity contribution in [1.82, 2.24) is 5.32 Å². The Hall–Kier alpha value is -1.62. The minimum absolute atomic E-state index is 0.150. The normalized spacial score (nSPS) is 19.2. The van der Waals surface area contributed by atoms with Crippen molar-refractivity contribution in [2.75, 3.05) is 19.7 Å². The van der Waals surface area contributed by atoms with E-state index in [2.05, 4.69) is 5.32 Å². The molecule has 1 amide bonds. The van der Waals surface area contributed by atoms with Gasteiger partial charge in [-0.25, -0.2) is 4.39 Å². The van der Waals surface area contributed by atoms with Crippen LogP contribution >= 0.6 is 0 Å². The fourth-order valence-corrected chi connectivity index (χ4v) is 1.84. The minimum Gasteiger partial charge on any atom is -0.490 e. The lowest BCUT2D eigenvalue weighted by Crippen LogP contribution is -2.16. The quantitative estimate of drug-likeness (QED) is 0.819. The molecular weight excluding hydrogens is 223 g/mol. The van der Waals surface area contributed by atoms with E-state index in [0.717, 1.165) is 25.6 Å². The molecule has 2 rings (SSSR count). The molecule has 1 aliphatic heterocycles. The number of primary amides is 1. The molecule has 17 heavy (non-hydrogen) atoms. The van der Waals surface area contributed by atoms with Crippen LogP contribution in [0.25, 0.3) is 0 Å². The van der Waals surface area contributed by atoms with Crippen LogP contribution in [-0.2, 0) is 0 Å². The van der Waals surface area contributed by atoms with Crippen molar-refractivity contribution in [3.63, 3.8) is 0 Å². The van der Waals surface area contributed by atoms with E-state index in [0.29, 0.717) is 12.5 Å². The molecule has 0 aliphatic carbocycles. The maximum Gasteiger partial charge on any atom is 0.248 e. The molecule has 1 unspecified atom stereocenters. The van der Waals surface area contributed by atoms with Crippen LogP contribution in [0.5, 0.6) is 5.75 Å². The molecule has 92 valence electrons. The van der Waals surface area contributed by atoms with Gasteiger partial charge in [0.2, 0.25) is 5.91 Å². The van der Waals surface area contributed by atoms with E-state index in [1.165, 1.54) is 12.1 Å². The molecule has 0 saturated carbocycles. The lowest BCUT2D eigenvalue weighted by atomic mass is 10.1. The highest BCUT2D eigenvalue weighted by atomic mass is 19.1. The molecule has 1 heterocycles. The first-order valence-electron chi connectivity index (χ1n) is 5.59. The highest BCUT2D eigenvalue weighted by Crippen LogP contribution is 2.19. The third kappa shape index (κ3) is 2.94. The first kappa shape index (κ1) is 11.9. The van der Waals surface area contributed by atoms with Crippen molar-refractivity contribution in [1.29, 1.82) is 0 Å². The molecule has 0 bridgehead atoms. The van der Waals surface area contributed by atoms with Gasteiger partial charge in [0.25, 0.3) is 0 Å². The van der Waals surface area contributed by atoms with E-state index in [1.54, 1.807) is 0 Å².